The highest BCUT2D eigenvalue weighted by Gasteiger charge is 2.07. The highest BCUT2D eigenvalue weighted by molar-refractivity contribution is 9.10. The van der Waals surface area contributed by atoms with E-state index in [1.165, 1.54) is 0 Å². The van der Waals surface area contributed by atoms with Crippen LogP contribution in [0.4, 0.5) is 0 Å². The van der Waals surface area contributed by atoms with Gasteiger partial charge < -0.3 is 0 Å². The molecule has 0 aliphatic rings. The van der Waals surface area contributed by atoms with Crippen molar-refractivity contribution in [2.45, 2.75) is 13.3 Å². The van der Waals surface area contributed by atoms with Crippen LogP contribution in [0.5, 0.6) is 0 Å². The van der Waals surface area contributed by atoms with E-state index in [1.807, 2.05) is 31.2 Å². The SMILES string of the molecule is CCC(=O)c1cc2ccc(Br)cc2s1. The molecule has 0 amide bonds. The summed E-state index contributed by atoms with van der Waals surface area (Å²) in [6.07, 6.45) is 0.577. The van der Waals surface area contributed by atoms with Gasteiger partial charge in [-0.3, -0.25) is 4.79 Å². The summed E-state index contributed by atoms with van der Waals surface area (Å²) in [7, 11) is 0. The molecule has 0 atom stereocenters. The second kappa shape index (κ2) is 3.83. The number of benzene rings is 1. The fourth-order valence-electron chi connectivity index (χ4n) is 1.32. The molecule has 1 aromatic heterocycles. The molecule has 0 fully saturated rings. The van der Waals surface area contributed by atoms with Crippen molar-refractivity contribution in [1.82, 2.24) is 0 Å². The maximum Gasteiger partial charge on any atom is 0.172 e. The lowest BCUT2D eigenvalue weighted by molar-refractivity contribution is 0.0992. The van der Waals surface area contributed by atoms with Gasteiger partial charge in [-0.1, -0.05) is 28.9 Å². The Morgan fingerprint density at radius 2 is 2.21 bits per heavy atom. The lowest BCUT2D eigenvalue weighted by Crippen LogP contribution is -1.90. The summed E-state index contributed by atoms with van der Waals surface area (Å²) in [6.45, 7) is 1.89. The maximum absolute atomic E-state index is 11.5. The molecule has 0 aliphatic heterocycles. The number of rotatable bonds is 2. The molecule has 1 heterocycles. The van der Waals surface area contributed by atoms with Crippen molar-refractivity contribution in [3.63, 3.8) is 0 Å². The molecule has 0 spiro atoms. The van der Waals surface area contributed by atoms with Crippen LogP contribution >= 0.6 is 27.3 Å². The number of carbonyl (C=O) groups excluding carboxylic acids is 1. The van der Waals surface area contributed by atoms with Crippen molar-refractivity contribution in [2.75, 3.05) is 0 Å². The van der Waals surface area contributed by atoms with Gasteiger partial charge in [0, 0.05) is 15.6 Å². The van der Waals surface area contributed by atoms with Crippen molar-refractivity contribution in [3.8, 4) is 0 Å². The first-order chi connectivity index (χ1) is 6.70. The van der Waals surface area contributed by atoms with Gasteiger partial charge in [0.15, 0.2) is 5.78 Å². The minimum atomic E-state index is 0.224. The molecule has 14 heavy (non-hydrogen) atoms. The van der Waals surface area contributed by atoms with Gasteiger partial charge >= 0.3 is 0 Å². The second-order valence-electron chi connectivity index (χ2n) is 3.07. The first-order valence-corrected chi connectivity index (χ1v) is 6.04. The van der Waals surface area contributed by atoms with E-state index in [0.717, 1.165) is 19.4 Å². The number of halogens is 1. The highest BCUT2D eigenvalue weighted by Crippen LogP contribution is 2.28. The predicted molar refractivity (Wildman–Crippen MR) is 64.1 cm³/mol. The fourth-order valence-corrected chi connectivity index (χ4v) is 2.94. The first-order valence-electron chi connectivity index (χ1n) is 4.43. The Bertz CT molecular complexity index is 487. The standard InChI is InChI=1S/C11H9BrOS/c1-2-9(13)11-5-7-3-4-8(12)6-10(7)14-11/h3-6H,2H2,1H3. The zero-order chi connectivity index (χ0) is 10.1. The quantitative estimate of drug-likeness (QED) is 0.744. The van der Waals surface area contributed by atoms with E-state index in [2.05, 4.69) is 15.9 Å². The number of hydrogen-bond donors (Lipinski definition) is 0. The molecule has 0 unspecified atom stereocenters. The Hall–Kier alpha value is -0.670. The van der Waals surface area contributed by atoms with E-state index in [-0.39, 0.29) is 5.78 Å². The minimum Gasteiger partial charge on any atom is -0.293 e. The van der Waals surface area contributed by atoms with E-state index in [4.69, 9.17) is 0 Å². The highest BCUT2D eigenvalue weighted by atomic mass is 79.9. The van der Waals surface area contributed by atoms with Crippen molar-refractivity contribution >= 4 is 43.1 Å². The summed E-state index contributed by atoms with van der Waals surface area (Å²) in [6, 6.07) is 8.04. The molecular formula is C11H9BrOS. The molecule has 0 bridgehead atoms. The summed E-state index contributed by atoms with van der Waals surface area (Å²) < 4.78 is 2.22. The number of fused-ring (bicyclic) bond motifs is 1. The van der Waals surface area contributed by atoms with Crippen LogP contribution in [0.15, 0.2) is 28.7 Å². The number of hydrogen-bond acceptors (Lipinski definition) is 2. The summed E-state index contributed by atoms with van der Waals surface area (Å²) >= 11 is 4.98. The van der Waals surface area contributed by atoms with Crippen LogP contribution in [0.3, 0.4) is 0 Å². The molecule has 72 valence electrons. The third-order valence-corrected chi connectivity index (χ3v) is 3.71. The van der Waals surface area contributed by atoms with Gasteiger partial charge in [-0.05, 0) is 23.6 Å². The maximum atomic E-state index is 11.5. The fraction of sp³-hybridized carbons (Fsp3) is 0.182. The Labute approximate surface area is 94.9 Å². The van der Waals surface area contributed by atoms with Crippen molar-refractivity contribution < 1.29 is 4.79 Å². The van der Waals surface area contributed by atoms with E-state index in [9.17, 15) is 4.79 Å². The van der Waals surface area contributed by atoms with Crippen LogP contribution in [0.2, 0.25) is 0 Å². The predicted octanol–water partition coefficient (Wildman–Crippen LogP) is 4.26. The molecule has 3 heteroatoms. The molecule has 0 saturated carbocycles. The zero-order valence-electron chi connectivity index (χ0n) is 7.71. The smallest absolute Gasteiger partial charge is 0.172 e. The van der Waals surface area contributed by atoms with Gasteiger partial charge in [0.2, 0.25) is 0 Å². The Morgan fingerprint density at radius 1 is 1.43 bits per heavy atom. The first kappa shape index (κ1) is 9.87. The minimum absolute atomic E-state index is 0.224. The summed E-state index contributed by atoms with van der Waals surface area (Å²) in [4.78, 5) is 12.3. The van der Waals surface area contributed by atoms with Crippen LogP contribution in [-0.4, -0.2) is 5.78 Å². The molecule has 1 aromatic carbocycles. The average Bonchev–Trinajstić information content (AvgIpc) is 2.59. The summed E-state index contributed by atoms with van der Waals surface area (Å²) in [5.41, 5.74) is 0. The van der Waals surface area contributed by atoms with E-state index < -0.39 is 0 Å². The molecule has 0 aliphatic carbocycles. The summed E-state index contributed by atoms with van der Waals surface area (Å²) in [5, 5.41) is 1.15. The van der Waals surface area contributed by atoms with Crippen molar-refractivity contribution in [1.29, 1.82) is 0 Å². The zero-order valence-corrected chi connectivity index (χ0v) is 10.1. The summed E-state index contributed by atoms with van der Waals surface area (Å²) in [5.74, 6) is 0.224. The normalized spacial score (nSPS) is 10.7. The van der Waals surface area contributed by atoms with Crippen molar-refractivity contribution in [3.05, 3.63) is 33.6 Å². The third kappa shape index (κ3) is 1.74. The van der Waals surface area contributed by atoms with Gasteiger partial charge in [-0.25, -0.2) is 0 Å². The van der Waals surface area contributed by atoms with Gasteiger partial charge in [0.25, 0.3) is 0 Å². The van der Waals surface area contributed by atoms with Gasteiger partial charge in [0.05, 0.1) is 4.88 Å². The van der Waals surface area contributed by atoms with E-state index in [1.54, 1.807) is 11.3 Å². The van der Waals surface area contributed by atoms with Crippen LogP contribution in [0.25, 0.3) is 10.1 Å². The third-order valence-electron chi connectivity index (χ3n) is 2.08. The molecule has 2 aromatic rings. The lowest BCUT2D eigenvalue weighted by Gasteiger charge is -1.88. The Balaban J connectivity index is 2.56. The van der Waals surface area contributed by atoms with Crippen LogP contribution in [0.1, 0.15) is 23.0 Å². The van der Waals surface area contributed by atoms with Gasteiger partial charge in [-0.15, -0.1) is 11.3 Å². The van der Waals surface area contributed by atoms with Gasteiger partial charge in [0.1, 0.15) is 0 Å². The molecular weight excluding hydrogens is 260 g/mol. The Kier molecular flexibility index (Phi) is 2.70. The average molecular weight is 269 g/mol. The number of ketones is 1. The lowest BCUT2D eigenvalue weighted by atomic mass is 10.2. The van der Waals surface area contributed by atoms with Crippen molar-refractivity contribution in [2.24, 2.45) is 0 Å². The van der Waals surface area contributed by atoms with E-state index in [0.29, 0.717) is 6.42 Å². The largest absolute Gasteiger partial charge is 0.293 e. The second-order valence-corrected chi connectivity index (χ2v) is 5.07. The number of thiophene rings is 1. The van der Waals surface area contributed by atoms with E-state index >= 15 is 0 Å². The van der Waals surface area contributed by atoms with Gasteiger partial charge in [-0.2, -0.15) is 0 Å². The van der Waals surface area contributed by atoms with Crippen LogP contribution < -0.4 is 0 Å². The molecule has 0 saturated heterocycles. The monoisotopic (exact) mass is 268 g/mol. The van der Waals surface area contributed by atoms with Crippen LogP contribution in [0, 0.1) is 0 Å². The number of Topliss-reactive ketones (excluding diaryl/α,β-unsaturated/α-hetero) is 1. The topological polar surface area (TPSA) is 17.1 Å². The molecule has 1 nitrogen and oxygen atoms in total. The van der Waals surface area contributed by atoms with Crippen LogP contribution in [-0.2, 0) is 0 Å². The Morgan fingerprint density at radius 3 is 2.93 bits per heavy atom. The number of carbonyl (C=O) groups is 1. The molecule has 0 radical (unpaired) electrons. The molecule has 2 rings (SSSR count). The molecule has 0 N–H and O–H groups in total.